The summed E-state index contributed by atoms with van der Waals surface area (Å²) in [4.78, 5) is 23.9. The van der Waals surface area contributed by atoms with Crippen LogP contribution in [0, 0.1) is 3.57 Å². The monoisotopic (exact) mass is 481 g/mol. The zero-order chi connectivity index (χ0) is 19.8. The van der Waals surface area contributed by atoms with E-state index in [1.807, 2.05) is 48.6 Å². The first-order chi connectivity index (χ1) is 13.0. The van der Waals surface area contributed by atoms with Crippen LogP contribution in [0.15, 0.2) is 41.5 Å². The third-order valence-electron chi connectivity index (χ3n) is 3.58. The van der Waals surface area contributed by atoms with Crippen molar-refractivity contribution in [1.29, 1.82) is 0 Å². The van der Waals surface area contributed by atoms with Crippen LogP contribution in [0.4, 0.5) is 5.69 Å². The molecule has 3 N–H and O–H groups in total. The number of ether oxygens (including phenoxy) is 1. The predicted octanol–water partition coefficient (Wildman–Crippen LogP) is 3.05. The van der Waals surface area contributed by atoms with Crippen LogP contribution in [-0.4, -0.2) is 29.7 Å². The molecule has 2 amide bonds. The molecule has 27 heavy (non-hydrogen) atoms. The van der Waals surface area contributed by atoms with Crippen molar-refractivity contribution in [2.75, 3.05) is 11.9 Å². The lowest BCUT2D eigenvalue weighted by molar-refractivity contribution is -0.136. The number of halogens is 1. The number of carbonyl (C=O) groups is 2. The number of hydrogen-bond acceptors (Lipinski definition) is 5. The van der Waals surface area contributed by atoms with E-state index >= 15 is 0 Å². The van der Waals surface area contributed by atoms with E-state index in [0.29, 0.717) is 27.2 Å². The van der Waals surface area contributed by atoms with Crippen LogP contribution < -0.4 is 15.5 Å². The van der Waals surface area contributed by atoms with Crippen LogP contribution in [0.25, 0.3) is 0 Å². The van der Waals surface area contributed by atoms with Gasteiger partial charge < -0.3 is 15.2 Å². The van der Waals surface area contributed by atoms with Gasteiger partial charge in [0.1, 0.15) is 0 Å². The molecule has 0 bridgehead atoms. The minimum Gasteiger partial charge on any atom is -0.504 e. The molecule has 0 radical (unpaired) electrons. The van der Waals surface area contributed by atoms with E-state index in [1.54, 1.807) is 24.3 Å². The number of nitrogens with zero attached hydrogens (tertiary/aromatic N) is 1. The van der Waals surface area contributed by atoms with Crippen LogP contribution in [-0.2, 0) is 16.0 Å². The number of nitrogens with one attached hydrogen (secondary N) is 2. The second kappa shape index (κ2) is 9.91. The molecule has 0 aromatic heterocycles. The zero-order valence-electron chi connectivity index (χ0n) is 15.0. The van der Waals surface area contributed by atoms with Gasteiger partial charge in [0.15, 0.2) is 11.5 Å². The van der Waals surface area contributed by atoms with Crippen LogP contribution >= 0.6 is 22.6 Å². The van der Waals surface area contributed by atoms with Gasteiger partial charge in [-0.1, -0.05) is 25.1 Å². The summed E-state index contributed by atoms with van der Waals surface area (Å²) in [6.45, 7) is 4.17. The quantitative estimate of drug-likeness (QED) is 0.256. The maximum absolute atomic E-state index is 12.0. The van der Waals surface area contributed by atoms with Gasteiger partial charge >= 0.3 is 11.8 Å². The Morgan fingerprint density at radius 1 is 1.22 bits per heavy atom. The Balaban J connectivity index is 2.01. The fourth-order valence-corrected chi connectivity index (χ4v) is 2.91. The molecule has 7 nitrogen and oxygen atoms in total. The molecule has 0 fully saturated rings. The summed E-state index contributed by atoms with van der Waals surface area (Å²) in [5.41, 5.74) is 4.33. The average Bonchev–Trinajstić information content (AvgIpc) is 2.66. The van der Waals surface area contributed by atoms with E-state index in [-0.39, 0.29) is 5.75 Å². The lowest BCUT2D eigenvalue weighted by Crippen LogP contribution is -2.32. The van der Waals surface area contributed by atoms with Crippen molar-refractivity contribution in [2.45, 2.75) is 20.3 Å². The van der Waals surface area contributed by atoms with E-state index in [0.717, 1.165) is 12.0 Å². The standard InChI is InChI=1S/C19H20IN3O4/c1-3-13-7-5-6-8-15(13)22-18(25)19(26)23-21-11-12-9-14(20)17(24)16(10-12)27-4-2/h5-11,24H,3-4H2,1-2H3,(H,22,25)(H,23,26)/b21-11-. The molecule has 2 aromatic rings. The first-order valence-electron chi connectivity index (χ1n) is 8.33. The smallest absolute Gasteiger partial charge is 0.329 e. The molecule has 0 unspecified atom stereocenters. The number of aryl methyl sites for hydroxylation is 1. The lowest BCUT2D eigenvalue weighted by Gasteiger charge is -2.09. The summed E-state index contributed by atoms with van der Waals surface area (Å²) in [5.74, 6) is -1.31. The van der Waals surface area contributed by atoms with E-state index in [2.05, 4.69) is 15.8 Å². The number of hydrazone groups is 1. The number of amides is 2. The first kappa shape index (κ1) is 20.7. The van der Waals surface area contributed by atoms with E-state index in [4.69, 9.17) is 4.74 Å². The van der Waals surface area contributed by atoms with E-state index in [1.165, 1.54) is 6.21 Å². The minimum atomic E-state index is -0.879. The Hall–Kier alpha value is -2.62. The molecule has 0 spiro atoms. The Morgan fingerprint density at radius 3 is 2.67 bits per heavy atom. The molecule has 0 aliphatic heterocycles. The molecule has 2 aromatic carbocycles. The lowest BCUT2D eigenvalue weighted by atomic mass is 10.1. The van der Waals surface area contributed by atoms with Gasteiger partial charge in [-0.05, 0) is 65.3 Å². The number of para-hydroxylation sites is 1. The van der Waals surface area contributed by atoms with Gasteiger partial charge in [-0.25, -0.2) is 5.43 Å². The summed E-state index contributed by atoms with van der Waals surface area (Å²) < 4.78 is 5.93. The predicted molar refractivity (Wildman–Crippen MR) is 112 cm³/mol. The molecule has 0 aliphatic carbocycles. The van der Waals surface area contributed by atoms with Gasteiger partial charge in [0.05, 0.1) is 16.4 Å². The number of carbonyl (C=O) groups excluding carboxylic acids is 2. The molecule has 2 rings (SSSR count). The van der Waals surface area contributed by atoms with Gasteiger partial charge in [-0.3, -0.25) is 9.59 Å². The number of phenols is 1. The van der Waals surface area contributed by atoms with Crippen molar-refractivity contribution >= 4 is 46.3 Å². The fourth-order valence-electron chi connectivity index (χ4n) is 2.28. The van der Waals surface area contributed by atoms with Gasteiger partial charge in [0.2, 0.25) is 0 Å². The number of hydrogen-bond donors (Lipinski definition) is 3. The van der Waals surface area contributed by atoms with Crippen molar-refractivity contribution in [2.24, 2.45) is 5.10 Å². The molecule has 142 valence electrons. The maximum atomic E-state index is 12.0. The van der Waals surface area contributed by atoms with Gasteiger partial charge in [-0.15, -0.1) is 0 Å². The molecule has 8 heteroatoms. The van der Waals surface area contributed by atoms with E-state index in [9.17, 15) is 14.7 Å². The van der Waals surface area contributed by atoms with Crippen LogP contribution in [0.5, 0.6) is 11.5 Å². The Bertz CT molecular complexity index is 868. The molecule has 0 saturated carbocycles. The zero-order valence-corrected chi connectivity index (χ0v) is 17.1. The van der Waals surface area contributed by atoms with Crippen molar-refractivity contribution in [3.8, 4) is 11.5 Å². The third-order valence-corrected chi connectivity index (χ3v) is 4.41. The van der Waals surface area contributed by atoms with Crippen molar-refractivity contribution < 1.29 is 19.4 Å². The van der Waals surface area contributed by atoms with Gasteiger partial charge in [-0.2, -0.15) is 5.10 Å². The summed E-state index contributed by atoms with van der Waals surface area (Å²) in [5, 5.41) is 16.3. The van der Waals surface area contributed by atoms with Gasteiger partial charge in [0, 0.05) is 5.69 Å². The van der Waals surface area contributed by atoms with Gasteiger partial charge in [0.25, 0.3) is 0 Å². The highest BCUT2D eigenvalue weighted by Gasteiger charge is 2.14. The van der Waals surface area contributed by atoms with Crippen LogP contribution in [0.1, 0.15) is 25.0 Å². The van der Waals surface area contributed by atoms with Crippen LogP contribution in [0.3, 0.4) is 0 Å². The second-order valence-corrected chi connectivity index (χ2v) is 6.61. The maximum Gasteiger partial charge on any atom is 0.329 e. The molecule has 0 atom stereocenters. The number of phenolic OH excluding ortho intramolecular Hbond substituents is 1. The highest BCUT2D eigenvalue weighted by Crippen LogP contribution is 2.32. The molecule has 0 saturated heterocycles. The Kier molecular flexibility index (Phi) is 7.59. The highest BCUT2D eigenvalue weighted by molar-refractivity contribution is 14.1. The molecule has 0 aliphatic rings. The Labute approximate surface area is 171 Å². The molecular weight excluding hydrogens is 461 g/mol. The number of aromatic hydroxyl groups is 1. The largest absolute Gasteiger partial charge is 0.504 e. The minimum absolute atomic E-state index is 0.0487. The third kappa shape index (κ3) is 5.68. The van der Waals surface area contributed by atoms with Crippen LogP contribution in [0.2, 0.25) is 0 Å². The summed E-state index contributed by atoms with van der Waals surface area (Å²) >= 11 is 1.97. The normalized spacial score (nSPS) is 10.6. The topological polar surface area (TPSA) is 100 Å². The highest BCUT2D eigenvalue weighted by atomic mass is 127. The summed E-state index contributed by atoms with van der Waals surface area (Å²) in [6, 6.07) is 10.5. The van der Waals surface area contributed by atoms with Crippen molar-refractivity contribution in [3.05, 3.63) is 51.1 Å². The average molecular weight is 481 g/mol. The van der Waals surface area contributed by atoms with Crippen molar-refractivity contribution in [3.63, 3.8) is 0 Å². The molecule has 0 heterocycles. The number of rotatable bonds is 6. The Morgan fingerprint density at radius 2 is 1.96 bits per heavy atom. The number of benzene rings is 2. The first-order valence-corrected chi connectivity index (χ1v) is 9.41. The summed E-state index contributed by atoms with van der Waals surface area (Å²) in [7, 11) is 0. The summed E-state index contributed by atoms with van der Waals surface area (Å²) in [6.07, 6.45) is 2.10. The van der Waals surface area contributed by atoms with Crippen molar-refractivity contribution in [1.82, 2.24) is 5.43 Å². The second-order valence-electron chi connectivity index (χ2n) is 5.45. The number of anilines is 1. The van der Waals surface area contributed by atoms with E-state index < -0.39 is 11.8 Å². The SMILES string of the molecule is CCOc1cc(/C=N\NC(=O)C(=O)Nc2ccccc2CC)cc(I)c1O. The fraction of sp³-hybridized carbons (Fsp3) is 0.211. The molecular formula is C19H20IN3O4.